The van der Waals surface area contributed by atoms with Crippen molar-refractivity contribution in [3.63, 3.8) is 0 Å². The monoisotopic (exact) mass is 704 g/mol. The summed E-state index contributed by atoms with van der Waals surface area (Å²) in [5, 5.41) is 13.2. The minimum Gasteiger partial charge on any atom is -0.489 e. The molecule has 0 amide bonds. The number of ether oxygens (including phenoxy) is 1. The van der Waals surface area contributed by atoms with Crippen LogP contribution in [0.2, 0.25) is 0 Å². The molecule has 1 heterocycles. The van der Waals surface area contributed by atoms with Crippen LogP contribution in [0.25, 0.3) is 76.6 Å². The van der Waals surface area contributed by atoms with Gasteiger partial charge in [0.25, 0.3) is 0 Å². The van der Waals surface area contributed by atoms with Crippen LogP contribution in [-0.2, 0) is 11.2 Å². The van der Waals surface area contributed by atoms with Gasteiger partial charge in [-0.15, -0.1) is 0 Å². The Hall–Kier alpha value is -6.18. The average Bonchev–Trinajstić information content (AvgIpc) is 3.57. The first-order chi connectivity index (χ1) is 27.0. The predicted octanol–water partition coefficient (Wildman–Crippen LogP) is 14.2. The highest BCUT2D eigenvalue weighted by atomic mass is 16.5. The molecule has 7 aromatic rings. The second-order valence-electron chi connectivity index (χ2n) is 16.6. The predicted molar refractivity (Wildman–Crippen MR) is 233 cm³/mol. The first-order valence-electron chi connectivity index (χ1n) is 20.0. The molecule has 12 rings (SSSR count). The molecule has 4 aliphatic carbocycles. The van der Waals surface area contributed by atoms with Gasteiger partial charge < -0.3 is 4.74 Å². The molecule has 7 aromatic carbocycles. The Bertz CT molecular complexity index is 3060. The maximum Gasteiger partial charge on any atom is 0.127 e. The summed E-state index contributed by atoms with van der Waals surface area (Å²) >= 11 is 0. The third-order valence-corrected chi connectivity index (χ3v) is 13.2. The molecule has 3 unspecified atom stereocenters. The number of hydrogen-bond acceptors (Lipinski definition) is 1. The van der Waals surface area contributed by atoms with E-state index in [2.05, 4.69) is 172 Å². The molecule has 0 radical (unpaired) electrons. The highest BCUT2D eigenvalue weighted by Crippen LogP contribution is 2.53. The first-order valence-corrected chi connectivity index (χ1v) is 20.0. The topological polar surface area (TPSA) is 9.23 Å². The van der Waals surface area contributed by atoms with E-state index < -0.39 is 0 Å². The van der Waals surface area contributed by atoms with E-state index in [4.69, 9.17) is 4.74 Å². The normalized spacial score (nSPS) is 22.4. The molecule has 0 bridgehead atoms. The van der Waals surface area contributed by atoms with Gasteiger partial charge in [0.1, 0.15) is 11.9 Å². The summed E-state index contributed by atoms with van der Waals surface area (Å²) in [6.07, 6.45) is 23.9. The van der Waals surface area contributed by atoms with Crippen LogP contribution in [0.4, 0.5) is 0 Å². The van der Waals surface area contributed by atoms with Gasteiger partial charge in [-0.25, -0.2) is 0 Å². The van der Waals surface area contributed by atoms with Crippen LogP contribution in [0.15, 0.2) is 174 Å². The summed E-state index contributed by atoms with van der Waals surface area (Å²) in [4.78, 5) is 0. The molecule has 0 N–H and O–H groups in total. The van der Waals surface area contributed by atoms with Crippen molar-refractivity contribution in [2.24, 2.45) is 11.3 Å². The second kappa shape index (κ2) is 11.4. The maximum atomic E-state index is 6.73. The van der Waals surface area contributed by atoms with Crippen molar-refractivity contribution < 1.29 is 4.74 Å². The van der Waals surface area contributed by atoms with Crippen LogP contribution in [0, 0.1) is 11.3 Å². The van der Waals surface area contributed by atoms with E-state index >= 15 is 0 Å². The fourth-order valence-corrected chi connectivity index (χ4v) is 10.6. The molecule has 3 atom stereocenters. The summed E-state index contributed by atoms with van der Waals surface area (Å²) in [6, 6.07) is 39.0. The van der Waals surface area contributed by atoms with Crippen molar-refractivity contribution in [2.75, 3.05) is 0 Å². The fraction of sp³-hybridized carbons (Fsp3) is 0.148. The van der Waals surface area contributed by atoms with Gasteiger partial charge in [-0.3, -0.25) is 0 Å². The molecular formula is C54H40O. The number of rotatable bonds is 2. The Kier molecular flexibility index (Phi) is 6.48. The summed E-state index contributed by atoms with van der Waals surface area (Å²) in [5.41, 5.74) is 12.0. The molecule has 1 aliphatic heterocycles. The van der Waals surface area contributed by atoms with Crippen molar-refractivity contribution >= 4 is 65.5 Å². The number of allylic oxidation sites excluding steroid dienone is 10. The maximum absolute atomic E-state index is 6.73. The molecule has 262 valence electrons. The molecule has 1 heteroatoms. The highest BCUT2D eigenvalue weighted by molar-refractivity contribution is 6.29. The van der Waals surface area contributed by atoms with E-state index in [1.807, 2.05) is 0 Å². The van der Waals surface area contributed by atoms with E-state index in [-0.39, 0.29) is 11.5 Å². The largest absolute Gasteiger partial charge is 0.489 e. The van der Waals surface area contributed by atoms with Crippen LogP contribution < -0.4 is 0 Å². The SMILES string of the molecule is CC1C=Cc2c(c3ccccc3c3c2cc(-c2c4ccccc4c(C4=CCC5OC6=C(C=C7C=CC=CC7(C)C6)C5=C4)c4ccccc24)c2ccccc23)C1. The van der Waals surface area contributed by atoms with Gasteiger partial charge in [0.2, 0.25) is 0 Å². The van der Waals surface area contributed by atoms with Gasteiger partial charge in [0.05, 0.1) is 0 Å². The zero-order valence-electron chi connectivity index (χ0n) is 31.2. The lowest BCUT2D eigenvalue weighted by Gasteiger charge is -2.33. The molecule has 5 aliphatic rings. The van der Waals surface area contributed by atoms with Crippen molar-refractivity contribution in [2.45, 2.75) is 39.2 Å². The molecule has 1 nitrogen and oxygen atoms in total. The Morgan fingerprint density at radius 3 is 2.02 bits per heavy atom. The number of benzene rings is 7. The summed E-state index contributed by atoms with van der Waals surface area (Å²) in [7, 11) is 0. The van der Waals surface area contributed by atoms with E-state index in [0.717, 1.165) is 25.0 Å². The minimum absolute atomic E-state index is 0.00578. The zero-order chi connectivity index (χ0) is 36.4. The molecule has 0 aromatic heterocycles. The van der Waals surface area contributed by atoms with Gasteiger partial charge in [-0.1, -0.05) is 153 Å². The van der Waals surface area contributed by atoms with Gasteiger partial charge in [-0.2, -0.15) is 0 Å². The smallest absolute Gasteiger partial charge is 0.127 e. The number of fused-ring (bicyclic) bond motifs is 13. The summed E-state index contributed by atoms with van der Waals surface area (Å²) < 4.78 is 6.73. The second-order valence-corrected chi connectivity index (χ2v) is 16.6. The zero-order valence-corrected chi connectivity index (χ0v) is 31.2. The van der Waals surface area contributed by atoms with E-state index in [0.29, 0.717) is 5.92 Å². The van der Waals surface area contributed by atoms with Crippen LogP contribution >= 0.6 is 0 Å². The average molecular weight is 705 g/mol. The molecule has 0 saturated carbocycles. The van der Waals surface area contributed by atoms with Gasteiger partial charge >= 0.3 is 0 Å². The van der Waals surface area contributed by atoms with Crippen LogP contribution in [0.5, 0.6) is 0 Å². The van der Waals surface area contributed by atoms with Crippen molar-refractivity contribution in [3.05, 3.63) is 191 Å². The van der Waals surface area contributed by atoms with Gasteiger partial charge in [-0.05, 0) is 123 Å². The molecule has 0 fully saturated rings. The highest BCUT2D eigenvalue weighted by Gasteiger charge is 2.40. The summed E-state index contributed by atoms with van der Waals surface area (Å²) in [5.74, 6) is 1.66. The van der Waals surface area contributed by atoms with Crippen LogP contribution in [0.3, 0.4) is 0 Å². The first kappa shape index (κ1) is 31.2. The Morgan fingerprint density at radius 2 is 1.29 bits per heavy atom. The summed E-state index contributed by atoms with van der Waals surface area (Å²) in [6.45, 7) is 4.67. The van der Waals surface area contributed by atoms with Gasteiger partial charge in [0, 0.05) is 29.4 Å². The van der Waals surface area contributed by atoms with E-state index in [9.17, 15) is 0 Å². The van der Waals surface area contributed by atoms with Crippen molar-refractivity contribution in [1.29, 1.82) is 0 Å². The lowest BCUT2D eigenvalue weighted by molar-refractivity contribution is 0.150. The molecular weight excluding hydrogens is 665 g/mol. The van der Waals surface area contributed by atoms with E-state index in [1.54, 1.807) is 0 Å². The molecule has 55 heavy (non-hydrogen) atoms. The fourth-order valence-electron chi connectivity index (χ4n) is 10.6. The van der Waals surface area contributed by atoms with Crippen LogP contribution in [-0.4, -0.2) is 6.10 Å². The quantitative estimate of drug-likeness (QED) is 0.129. The van der Waals surface area contributed by atoms with Crippen LogP contribution in [0.1, 0.15) is 43.4 Å². The lowest BCUT2D eigenvalue weighted by Crippen LogP contribution is -2.21. The third kappa shape index (κ3) is 4.41. The molecule has 0 saturated heterocycles. The Morgan fingerprint density at radius 1 is 0.655 bits per heavy atom. The Balaban J connectivity index is 1.13. The molecule has 0 spiro atoms. The van der Waals surface area contributed by atoms with Gasteiger partial charge in [0.15, 0.2) is 0 Å². The standard InChI is InChI=1S/C54H40O/c1-32-22-24-37-44(27-32)35-14-3-5-16-38(35)52-39-17-6-4-15-36(39)47(30-48(37)52)53-42-20-9-7-18-40(42)51(41-19-8-10-21-43(41)53)33-23-25-49-45(28-33)46-29-34-13-11-12-26-54(34,2)31-50(46)55-49/h3-24,26,28-30,32,49H,25,27,31H2,1-2H3. The third-order valence-electron chi connectivity index (χ3n) is 13.2. The van der Waals surface area contributed by atoms with E-state index in [1.165, 1.54) is 104 Å². The minimum atomic E-state index is -0.00578. The Labute approximate surface area is 321 Å². The van der Waals surface area contributed by atoms with Crippen molar-refractivity contribution in [3.8, 4) is 11.1 Å². The lowest BCUT2D eigenvalue weighted by atomic mass is 9.71. The number of hydrogen-bond donors (Lipinski definition) is 0. The van der Waals surface area contributed by atoms with Crippen molar-refractivity contribution in [1.82, 2.24) is 0 Å².